The minimum atomic E-state index is 1.03. The maximum Gasteiger partial charge on any atom is 0.140 e. The lowest BCUT2D eigenvalue weighted by Gasteiger charge is -1.96. The topological polar surface area (TPSA) is 17.3 Å². The summed E-state index contributed by atoms with van der Waals surface area (Å²) < 4.78 is 2.08. The molecule has 0 unspecified atom stereocenters. The molecule has 3 aromatic rings. The minimum absolute atomic E-state index is 1.03. The molecule has 0 aliphatic carbocycles. The van der Waals surface area contributed by atoms with Crippen molar-refractivity contribution in [1.29, 1.82) is 0 Å². The second-order valence-electron chi connectivity index (χ2n) is 4.42. The van der Waals surface area contributed by atoms with Crippen LogP contribution in [0.2, 0.25) is 0 Å². The van der Waals surface area contributed by atoms with Crippen LogP contribution in [0.5, 0.6) is 0 Å². The van der Waals surface area contributed by atoms with Crippen LogP contribution in [0.15, 0.2) is 48.8 Å². The van der Waals surface area contributed by atoms with Crippen molar-refractivity contribution in [2.24, 2.45) is 0 Å². The molecule has 1 aromatic carbocycles. The molecule has 19 heavy (non-hydrogen) atoms. The van der Waals surface area contributed by atoms with Crippen LogP contribution in [-0.2, 0) is 0 Å². The number of aryl methyl sites for hydroxylation is 2. The summed E-state index contributed by atoms with van der Waals surface area (Å²) in [4.78, 5) is 4.69. The monoisotopic (exact) mass is 252 g/mol. The summed E-state index contributed by atoms with van der Waals surface area (Å²) in [6.45, 7) is 8.19. The van der Waals surface area contributed by atoms with E-state index in [0.29, 0.717) is 0 Å². The molecule has 0 bridgehead atoms. The Balaban J connectivity index is 0.000000637. The molecule has 0 fully saturated rings. The van der Waals surface area contributed by atoms with Gasteiger partial charge >= 0.3 is 0 Å². The molecule has 2 nitrogen and oxygen atoms in total. The molecule has 0 aliphatic heterocycles. The molecule has 0 N–H and O–H groups in total. The molecular weight excluding hydrogens is 232 g/mol. The molecule has 0 saturated carbocycles. The fourth-order valence-corrected chi connectivity index (χ4v) is 2.10. The Labute approximate surface area is 114 Å². The van der Waals surface area contributed by atoms with E-state index in [1.54, 1.807) is 0 Å². The summed E-state index contributed by atoms with van der Waals surface area (Å²) in [5.41, 5.74) is 5.70. The first kappa shape index (κ1) is 13.3. The number of imidazole rings is 1. The van der Waals surface area contributed by atoms with Crippen LogP contribution in [-0.4, -0.2) is 9.38 Å². The molecule has 0 amide bonds. The maximum atomic E-state index is 4.69. The van der Waals surface area contributed by atoms with Crippen molar-refractivity contribution in [3.63, 3.8) is 0 Å². The Bertz CT molecular complexity index is 681. The number of nitrogens with zero attached hydrogens (tertiary/aromatic N) is 2. The van der Waals surface area contributed by atoms with Crippen LogP contribution < -0.4 is 0 Å². The Morgan fingerprint density at radius 1 is 1.00 bits per heavy atom. The summed E-state index contributed by atoms with van der Waals surface area (Å²) in [5, 5.41) is 0. The van der Waals surface area contributed by atoms with Crippen molar-refractivity contribution in [2.45, 2.75) is 27.7 Å². The normalized spacial score (nSPS) is 10.1. The van der Waals surface area contributed by atoms with E-state index < -0.39 is 0 Å². The molecule has 0 saturated heterocycles. The van der Waals surface area contributed by atoms with E-state index in [2.05, 4.69) is 59.8 Å². The highest BCUT2D eigenvalue weighted by Gasteiger charge is 2.05. The average molecular weight is 252 g/mol. The number of rotatable bonds is 1. The predicted molar refractivity (Wildman–Crippen MR) is 81.5 cm³/mol. The van der Waals surface area contributed by atoms with Crippen LogP contribution >= 0.6 is 0 Å². The molecule has 2 heteroatoms. The fraction of sp³-hybridized carbons (Fsp3) is 0.235. The molecule has 2 aromatic heterocycles. The van der Waals surface area contributed by atoms with Gasteiger partial charge in [-0.25, -0.2) is 4.98 Å². The second-order valence-corrected chi connectivity index (χ2v) is 4.42. The third-order valence-electron chi connectivity index (χ3n) is 2.99. The van der Waals surface area contributed by atoms with E-state index in [1.807, 2.05) is 26.1 Å². The highest BCUT2D eigenvalue weighted by Crippen LogP contribution is 2.21. The fourth-order valence-electron chi connectivity index (χ4n) is 2.10. The molecule has 0 radical (unpaired) electrons. The summed E-state index contributed by atoms with van der Waals surface area (Å²) in [5.74, 6) is 0. The molecule has 3 rings (SSSR count). The van der Waals surface area contributed by atoms with Gasteiger partial charge < -0.3 is 4.40 Å². The number of hydrogen-bond donors (Lipinski definition) is 0. The summed E-state index contributed by atoms with van der Waals surface area (Å²) in [7, 11) is 0. The molecule has 2 heterocycles. The zero-order valence-electron chi connectivity index (χ0n) is 12.0. The first-order chi connectivity index (χ1) is 9.24. The summed E-state index contributed by atoms with van der Waals surface area (Å²) >= 11 is 0. The number of hydrogen-bond acceptors (Lipinski definition) is 1. The number of benzene rings is 1. The summed E-state index contributed by atoms with van der Waals surface area (Å²) in [6, 6.07) is 12.6. The van der Waals surface area contributed by atoms with Gasteiger partial charge in [-0.15, -0.1) is 0 Å². The van der Waals surface area contributed by atoms with E-state index in [9.17, 15) is 0 Å². The van der Waals surface area contributed by atoms with Crippen LogP contribution in [0.1, 0.15) is 25.0 Å². The van der Waals surface area contributed by atoms with Crippen molar-refractivity contribution < 1.29 is 0 Å². The lowest BCUT2D eigenvalue weighted by atomic mass is 10.1. The second kappa shape index (κ2) is 5.70. The first-order valence-electron chi connectivity index (χ1n) is 6.75. The first-order valence-corrected chi connectivity index (χ1v) is 6.75. The van der Waals surface area contributed by atoms with Crippen molar-refractivity contribution >= 4 is 5.65 Å². The van der Waals surface area contributed by atoms with Crippen molar-refractivity contribution in [1.82, 2.24) is 9.38 Å². The lowest BCUT2D eigenvalue weighted by Crippen LogP contribution is -1.83. The zero-order chi connectivity index (χ0) is 13.8. The lowest BCUT2D eigenvalue weighted by molar-refractivity contribution is 1.16. The number of fused-ring (bicyclic) bond motifs is 1. The van der Waals surface area contributed by atoms with E-state index in [1.165, 1.54) is 16.7 Å². The van der Waals surface area contributed by atoms with E-state index >= 15 is 0 Å². The van der Waals surface area contributed by atoms with Gasteiger partial charge in [-0.1, -0.05) is 43.7 Å². The molecule has 0 aliphatic rings. The highest BCUT2D eigenvalue weighted by atomic mass is 15.0. The largest absolute Gasteiger partial charge is 0.306 e. The zero-order valence-corrected chi connectivity index (χ0v) is 12.0. The SMILES string of the molecule is CC.Cc1cccc(-c2cn3cccc(C)c3n2)c1. The van der Waals surface area contributed by atoms with Gasteiger partial charge in [0.2, 0.25) is 0 Å². The van der Waals surface area contributed by atoms with E-state index in [4.69, 9.17) is 0 Å². The van der Waals surface area contributed by atoms with Crippen molar-refractivity contribution in [3.8, 4) is 11.3 Å². The summed E-state index contributed by atoms with van der Waals surface area (Å²) in [6.07, 6.45) is 4.12. The standard InChI is InChI=1S/C15H14N2.C2H6/c1-11-5-3-7-13(9-11)14-10-17-8-4-6-12(2)15(17)16-14;1-2/h3-10H,1-2H3;1-2H3. The van der Waals surface area contributed by atoms with Crippen LogP contribution in [0, 0.1) is 13.8 Å². The number of pyridine rings is 1. The van der Waals surface area contributed by atoms with Crippen LogP contribution in [0.4, 0.5) is 0 Å². The third-order valence-corrected chi connectivity index (χ3v) is 2.99. The predicted octanol–water partition coefficient (Wildman–Crippen LogP) is 4.64. The van der Waals surface area contributed by atoms with Crippen molar-refractivity contribution in [2.75, 3.05) is 0 Å². The molecule has 0 spiro atoms. The van der Waals surface area contributed by atoms with Gasteiger partial charge in [0.25, 0.3) is 0 Å². The van der Waals surface area contributed by atoms with Gasteiger partial charge in [-0.2, -0.15) is 0 Å². The minimum Gasteiger partial charge on any atom is -0.306 e. The van der Waals surface area contributed by atoms with Gasteiger partial charge in [0.05, 0.1) is 5.69 Å². The van der Waals surface area contributed by atoms with Gasteiger partial charge in [0, 0.05) is 18.0 Å². The quantitative estimate of drug-likeness (QED) is 0.616. The highest BCUT2D eigenvalue weighted by molar-refractivity contribution is 5.64. The maximum absolute atomic E-state index is 4.69. The van der Waals surface area contributed by atoms with Gasteiger partial charge in [0.1, 0.15) is 5.65 Å². The molecule has 98 valence electrons. The van der Waals surface area contributed by atoms with Gasteiger partial charge in [-0.05, 0) is 31.5 Å². The smallest absolute Gasteiger partial charge is 0.140 e. The Hall–Kier alpha value is -2.09. The van der Waals surface area contributed by atoms with Gasteiger partial charge in [0.15, 0.2) is 0 Å². The average Bonchev–Trinajstić information content (AvgIpc) is 2.87. The van der Waals surface area contributed by atoms with Crippen LogP contribution in [0.25, 0.3) is 16.9 Å². The number of aromatic nitrogens is 2. The van der Waals surface area contributed by atoms with Crippen molar-refractivity contribution in [3.05, 3.63) is 59.9 Å². The van der Waals surface area contributed by atoms with Crippen LogP contribution in [0.3, 0.4) is 0 Å². The van der Waals surface area contributed by atoms with E-state index in [-0.39, 0.29) is 0 Å². The Kier molecular flexibility index (Phi) is 4.00. The van der Waals surface area contributed by atoms with E-state index in [0.717, 1.165) is 11.3 Å². The Morgan fingerprint density at radius 2 is 1.79 bits per heavy atom. The van der Waals surface area contributed by atoms with Gasteiger partial charge in [-0.3, -0.25) is 0 Å². The third kappa shape index (κ3) is 2.68. The molecule has 0 atom stereocenters. The Morgan fingerprint density at radius 3 is 2.47 bits per heavy atom. The molecular formula is C17H20N2.